The average molecular weight is 277 g/mol. The number of aromatic nitrogens is 2. The van der Waals surface area contributed by atoms with E-state index in [2.05, 4.69) is 9.55 Å². The van der Waals surface area contributed by atoms with Gasteiger partial charge >= 0.3 is 0 Å². The summed E-state index contributed by atoms with van der Waals surface area (Å²) in [6, 6.07) is 7.40. The number of fused-ring (bicyclic) bond motifs is 1. The number of nitrogens with zero attached hydrogens (tertiary/aromatic N) is 3. The Hall–Kier alpha value is -1.66. The predicted molar refractivity (Wildman–Crippen MR) is 72.1 cm³/mol. The lowest BCUT2D eigenvalue weighted by atomic mass is 10.0. The van der Waals surface area contributed by atoms with Gasteiger partial charge in [-0.3, -0.25) is 4.98 Å². The topological polar surface area (TPSA) is 55.2 Å². The fourth-order valence-electron chi connectivity index (χ4n) is 2.60. The first-order valence-electron chi connectivity index (χ1n) is 6.09. The van der Waals surface area contributed by atoms with Gasteiger partial charge in [-0.15, -0.1) is 0 Å². The van der Waals surface area contributed by atoms with Gasteiger partial charge in [-0.05, 0) is 29.8 Å². The van der Waals surface area contributed by atoms with Gasteiger partial charge in [0, 0.05) is 37.4 Å². The van der Waals surface area contributed by atoms with Crippen molar-refractivity contribution < 1.29 is 8.42 Å². The fraction of sp³-hybridized carbons (Fsp3) is 0.308. The molecule has 100 valence electrons. The third kappa shape index (κ3) is 2.17. The van der Waals surface area contributed by atoms with Crippen molar-refractivity contribution in [1.82, 2.24) is 13.9 Å². The van der Waals surface area contributed by atoms with E-state index >= 15 is 0 Å². The van der Waals surface area contributed by atoms with Gasteiger partial charge in [0.25, 0.3) is 0 Å². The lowest BCUT2D eigenvalue weighted by Gasteiger charge is -2.35. The molecule has 6 heteroatoms. The summed E-state index contributed by atoms with van der Waals surface area (Å²) in [6.45, 7) is 1.19. The fourth-order valence-corrected chi connectivity index (χ4v) is 3.63. The molecule has 0 saturated heterocycles. The Labute approximate surface area is 112 Å². The molecule has 1 atom stereocenters. The van der Waals surface area contributed by atoms with Crippen LogP contribution < -0.4 is 0 Å². The van der Waals surface area contributed by atoms with Crippen molar-refractivity contribution in [2.24, 2.45) is 0 Å². The second kappa shape index (κ2) is 4.47. The Morgan fingerprint density at radius 1 is 1.21 bits per heavy atom. The number of sulfonamides is 1. The van der Waals surface area contributed by atoms with Gasteiger partial charge in [-0.1, -0.05) is 0 Å². The Morgan fingerprint density at radius 3 is 2.63 bits per heavy atom. The number of rotatable bonds is 2. The lowest BCUT2D eigenvalue weighted by molar-refractivity contribution is 0.300. The molecule has 0 spiro atoms. The largest absolute Gasteiger partial charge is 0.348 e. The smallest absolute Gasteiger partial charge is 0.212 e. The van der Waals surface area contributed by atoms with Crippen LogP contribution in [0.25, 0.3) is 0 Å². The maximum Gasteiger partial charge on any atom is 0.212 e. The van der Waals surface area contributed by atoms with Crippen molar-refractivity contribution in [3.05, 3.63) is 54.1 Å². The number of pyridine rings is 1. The minimum Gasteiger partial charge on any atom is -0.348 e. The SMILES string of the molecule is CS(=O)(=O)N1CCn2cccc2C1c1ccncc1. The van der Waals surface area contributed by atoms with E-state index in [0.29, 0.717) is 13.1 Å². The van der Waals surface area contributed by atoms with Gasteiger partial charge in [0.05, 0.1) is 12.3 Å². The van der Waals surface area contributed by atoms with Crippen LogP contribution in [0, 0.1) is 0 Å². The molecule has 2 aromatic rings. The van der Waals surface area contributed by atoms with E-state index in [1.807, 2.05) is 30.5 Å². The zero-order valence-electron chi connectivity index (χ0n) is 10.6. The molecule has 0 fully saturated rings. The highest BCUT2D eigenvalue weighted by atomic mass is 32.2. The van der Waals surface area contributed by atoms with Crippen molar-refractivity contribution in [1.29, 1.82) is 0 Å². The second-order valence-corrected chi connectivity index (χ2v) is 6.62. The number of hydrogen-bond acceptors (Lipinski definition) is 3. The van der Waals surface area contributed by atoms with Crippen LogP contribution in [0.4, 0.5) is 0 Å². The van der Waals surface area contributed by atoms with E-state index in [0.717, 1.165) is 11.3 Å². The zero-order valence-corrected chi connectivity index (χ0v) is 11.4. The van der Waals surface area contributed by atoms with E-state index in [1.165, 1.54) is 6.26 Å². The molecular weight excluding hydrogens is 262 g/mol. The highest BCUT2D eigenvalue weighted by Gasteiger charge is 2.34. The van der Waals surface area contributed by atoms with E-state index in [9.17, 15) is 8.42 Å². The molecule has 3 rings (SSSR count). The van der Waals surface area contributed by atoms with Crippen LogP contribution in [0.2, 0.25) is 0 Å². The summed E-state index contributed by atoms with van der Waals surface area (Å²) >= 11 is 0. The van der Waals surface area contributed by atoms with Crippen molar-refractivity contribution in [2.75, 3.05) is 12.8 Å². The molecule has 0 aromatic carbocycles. The van der Waals surface area contributed by atoms with Crippen LogP contribution >= 0.6 is 0 Å². The van der Waals surface area contributed by atoms with Crippen LogP contribution in [0.5, 0.6) is 0 Å². The molecule has 0 N–H and O–H groups in total. The maximum absolute atomic E-state index is 12.0. The van der Waals surface area contributed by atoms with Crippen LogP contribution in [0.1, 0.15) is 17.3 Å². The molecule has 3 heterocycles. The third-order valence-corrected chi connectivity index (χ3v) is 4.69. The summed E-state index contributed by atoms with van der Waals surface area (Å²) in [5.74, 6) is 0. The molecule has 0 aliphatic carbocycles. The molecule has 1 unspecified atom stereocenters. The first-order chi connectivity index (χ1) is 9.07. The van der Waals surface area contributed by atoms with Crippen molar-refractivity contribution in [3.8, 4) is 0 Å². The Morgan fingerprint density at radius 2 is 1.95 bits per heavy atom. The average Bonchev–Trinajstić information content (AvgIpc) is 2.85. The van der Waals surface area contributed by atoms with Crippen LogP contribution in [-0.4, -0.2) is 35.1 Å². The molecule has 1 aliphatic rings. The Bertz CT molecular complexity index is 679. The van der Waals surface area contributed by atoms with Gasteiger partial charge in [0.15, 0.2) is 0 Å². The van der Waals surface area contributed by atoms with Crippen molar-refractivity contribution in [3.63, 3.8) is 0 Å². The lowest BCUT2D eigenvalue weighted by Crippen LogP contribution is -2.41. The highest BCUT2D eigenvalue weighted by molar-refractivity contribution is 7.88. The normalized spacial score (nSPS) is 20.2. The van der Waals surface area contributed by atoms with E-state index in [4.69, 9.17) is 0 Å². The summed E-state index contributed by atoms with van der Waals surface area (Å²) < 4.78 is 27.7. The minimum atomic E-state index is -3.24. The molecule has 2 aromatic heterocycles. The van der Waals surface area contributed by atoms with Gasteiger partial charge in [-0.25, -0.2) is 8.42 Å². The summed E-state index contributed by atoms with van der Waals surface area (Å²) in [7, 11) is -3.24. The standard InChI is InChI=1S/C13H15N3O2S/c1-19(17,18)16-10-9-15-8-2-3-12(15)13(16)11-4-6-14-7-5-11/h2-8,13H,9-10H2,1H3. The summed E-state index contributed by atoms with van der Waals surface area (Å²) in [6.07, 6.45) is 6.64. The molecule has 1 aliphatic heterocycles. The zero-order chi connectivity index (χ0) is 13.5. The number of hydrogen-bond donors (Lipinski definition) is 0. The Balaban J connectivity index is 2.15. The predicted octanol–water partition coefficient (Wildman–Crippen LogP) is 1.25. The van der Waals surface area contributed by atoms with Gasteiger partial charge in [-0.2, -0.15) is 4.31 Å². The first kappa shape index (κ1) is 12.4. The molecule has 0 saturated carbocycles. The van der Waals surface area contributed by atoms with Gasteiger partial charge < -0.3 is 4.57 Å². The van der Waals surface area contributed by atoms with E-state index < -0.39 is 10.0 Å². The molecule has 0 radical (unpaired) electrons. The molecule has 0 amide bonds. The molecule has 0 bridgehead atoms. The highest BCUT2D eigenvalue weighted by Crippen LogP contribution is 2.33. The minimum absolute atomic E-state index is 0.262. The van der Waals surface area contributed by atoms with Gasteiger partial charge in [0.2, 0.25) is 10.0 Å². The summed E-state index contributed by atoms with van der Waals surface area (Å²) in [5.41, 5.74) is 1.95. The Kier molecular flexibility index (Phi) is 2.91. The van der Waals surface area contributed by atoms with E-state index in [-0.39, 0.29) is 6.04 Å². The quantitative estimate of drug-likeness (QED) is 0.830. The van der Waals surface area contributed by atoms with Gasteiger partial charge in [0.1, 0.15) is 0 Å². The van der Waals surface area contributed by atoms with Crippen LogP contribution in [-0.2, 0) is 16.6 Å². The first-order valence-corrected chi connectivity index (χ1v) is 7.94. The van der Waals surface area contributed by atoms with Crippen LogP contribution in [0.15, 0.2) is 42.9 Å². The van der Waals surface area contributed by atoms with Crippen molar-refractivity contribution >= 4 is 10.0 Å². The van der Waals surface area contributed by atoms with Crippen molar-refractivity contribution in [2.45, 2.75) is 12.6 Å². The third-order valence-electron chi connectivity index (χ3n) is 3.44. The summed E-state index contributed by atoms with van der Waals surface area (Å²) in [4.78, 5) is 4.00. The second-order valence-electron chi connectivity index (χ2n) is 4.68. The maximum atomic E-state index is 12.0. The molecule has 19 heavy (non-hydrogen) atoms. The summed E-state index contributed by atoms with van der Waals surface area (Å²) in [5, 5.41) is 0. The molecular formula is C13H15N3O2S. The molecule has 5 nitrogen and oxygen atoms in total. The monoisotopic (exact) mass is 277 g/mol. The van der Waals surface area contributed by atoms with Crippen LogP contribution in [0.3, 0.4) is 0 Å². The van der Waals surface area contributed by atoms with E-state index in [1.54, 1.807) is 16.7 Å².